The number of aromatic nitrogens is 2. The second-order valence-corrected chi connectivity index (χ2v) is 4.82. The molecule has 0 radical (unpaired) electrons. The van der Waals surface area contributed by atoms with Crippen molar-refractivity contribution in [1.29, 1.82) is 0 Å². The van der Waals surface area contributed by atoms with Gasteiger partial charge in [-0.2, -0.15) is 0 Å². The lowest BCUT2D eigenvalue weighted by atomic mass is 10.0. The summed E-state index contributed by atoms with van der Waals surface area (Å²) >= 11 is 0. The monoisotopic (exact) mass is 267 g/mol. The van der Waals surface area contributed by atoms with Crippen LogP contribution >= 0.6 is 0 Å². The van der Waals surface area contributed by atoms with E-state index in [9.17, 15) is 9.59 Å². The van der Waals surface area contributed by atoms with Crippen molar-refractivity contribution in [3.05, 3.63) is 22.7 Å². The lowest BCUT2D eigenvalue weighted by Crippen LogP contribution is -2.36. The molecule has 1 aliphatic heterocycles. The van der Waals surface area contributed by atoms with Gasteiger partial charge < -0.3 is 19.7 Å². The molecule has 1 fully saturated rings. The Hall–Kier alpha value is -1.89. The van der Waals surface area contributed by atoms with Gasteiger partial charge in [-0.3, -0.25) is 9.59 Å². The van der Waals surface area contributed by atoms with Crippen molar-refractivity contribution >= 4 is 11.8 Å². The fourth-order valence-electron chi connectivity index (χ4n) is 2.05. The van der Waals surface area contributed by atoms with E-state index >= 15 is 0 Å². The Kier molecular flexibility index (Phi) is 3.84. The van der Waals surface area contributed by atoms with Gasteiger partial charge in [0.15, 0.2) is 5.82 Å². The molecule has 0 aromatic carbocycles. The molecule has 19 heavy (non-hydrogen) atoms. The minimum atomic E-state index is -0.935. The first-order valence-electron chi connectivity index (χ1n) is 6.15. The van der Waals surface area contributed by atoms with Gasteiger partial charge in [-0.25, -0.2) is 4.98 Å². The summed E-state index contributed by atoms with van der Waals surface area (Å²) in [6, 6.07) is -0.410. The number of rotatable bonds is 4. The highest BCUT2D eigenvalue weighted by Gasteiger charge is 2.34. The van der Waals surface area contributed by atoms with Crippen LogP contribution in [0.4, 0.5) is 5.82 Å². The number of anilines is 1. The number of nitrogens with one attached hydrogen (secondary N) is 1. The first kappa shape index (κ1) is 13.5. The summed E-state index contributed by atoms with van der Waals surface area (Å²) in [4.78, 5) is 27.1. The summed E-state index contributed by atoms with van der Waals surface area (Å²) in [5, 5.41) is 11.9. The van der Waals surface area contributed by atoms with Gasteiger partial charge in [0.05, 0.1) is 19.3 Å². The molecule has 1 aromatic rings. The van der Waals surface area contributed by atoms with Gasteiger partial charge in [0.2, 0.25) is 0 Å². The minimum Gasteiger partial charge on any atom is -0.481 e. The minimum absolute atomic E-state index is 0.0196. The normalized spacial score (nSPS) is 22.7. The molecule has 0 amide bonds. The summed E-state index contributed by atoms with van der Waals surface area (Å²) in [5.41, 5.74) is -0.256. The molecule has 2 unspecified atom stereocenters. The zero-order chi connectivity index (χ0) is 14.0. The lowest BCUT2D eigenvalue weighted by Gasteiger charge is -2.17. The zero-order valence-corrected chi connectivity index (χ0v) is 10.9. The van der Waals surface area contributed by atoms with E-state index in [0.29, 0.717) is 0 Å². The van der Waals surface area contributed by atoms with Gasteiger partial charge >= 0.3 is 5.97 Å². The van der Waals surface area contributed by atoms with Crippen molar-refractivity contribution in [2.45, 2.75) is 25.9 Å². The number of carboxylic acids is 1. The average Bonchev–Trinajstić information content (AvgIpc) is 2.79. The van der Waals surface area contributed by atoms with Crippen LogP contribution in [0, 0.1) is 5.92 Å². The Bertz CT molecular complexity index is 526. The summed E-state index contributed by atoms with van der Waals surface area (Å²) < 4.78 is 6.68. The maximum atomic E-state index is 12.1. The standard InChI is InChI=1S/C12H17N3O4/c1-7(2)15-4-3-13-10(11(15)16)14-9-6-19-5-8(9)12(17)18/h3-4,7-9H,5-6H2,1-2H3,(H,13,14)(H,17,18). The van der Waals surface area contributed by atoms with Crippen LogP contribution in [0.2, 0.25) is 0 Å². The maximum absolute atomic E-state index is 12.1. The molecule has 1 aliphatic rings. The Morgan fingerprint density at radius 1 is 1.58 bits per heavy atom. The third-order valence-corrected chi connectivity index (χ3v) is 3.14. The van der Waals surface area contributed by atoms with Gasteiger partial charge in [-0.05, 0) is 13.8 Å². The fourth-order valence-corrected chi connectivity index (χ4v) is 2.05. The van der Waals surface area contributed by atoms with Gasteiger partial charge in [-0.15, -0.1) is 0 Å². The van der Waals surface area contributed by atoms with Gasteiger partial charge in [0.1, 0.15) is 5.92 Å². The summed E-state index contributed by atoms with van der Waals surface area (Å²) in [6.07, 6.45) is 3.13. The largest absolute Gasteiger partial charge is 0.481 e. The topological polar surface area (TPSA) is 93.4 Å². The van der Waals surface area contributed by atoms with E-state index in [4.69, 9.17) is 9.84 Å². The Labute approximate surface area is 110 Å². The van der Waals surface area contributed by atoms with Crippen molar-refractivity contribution < 1.29 is 14.6 Å². The first-order valence-corrected chi connectivity index (χ1v) is 6.15. The lowest BCUT2D eigenvalue weighted by molar-refractivity contribution is -0.141. The molecule has 1 aromatic heterocycles. The highest BCUT2D eigenvalue weighted by molar-refractivity contribution is 5.72. The second kappa shape index (κ2) is 5.40. The van der Waals surface area contributed by atoms with Crippen LogP contribution in [0.1, 0.15) is 19.9 Å². The second-order valence-electron chi connectivity index (χ2n) is 4.82. The maximum Gasteiger partial charge on any atom is 0.311 e. The molecule has 0 aliphatic carbocycles. The van der Waals surface area contributed by atoms with Crippen LogP contribution in [0.15, 0.2) is 17.2 Å². The molecule has 0 bridgehead atoms. The van der Waals surface area contributed by atoms with E-state index in [2.05, 4.69) is 10.3 Å². The summed E-state index contributed by atoms with van der Waals surface area (Å²) in [5.74, 6) is -1.43. The molecule has 2 atom stereocenters. The van der Waals surface area contributed by atoms with Crippen LogP contribution in [-0.4, -0.2) is 39.9 Å². The zero-order valence-electron chi connectivity index (χ0n) is 10.9. The van der Waals surface area contributed by atoms with E-state index in [0.717, 1.165) is 0 Å². The van der Waals surface area contributed by atoms with Crippen LogP contribution in [0.3, 0.4) is 0 Å². The van der Waals surface area contributed by atoms with Crippen molar-refractivity contribution in [2.24, 2.45) is 5.92 Å². The Morgan fingerprint density at radius 3 is 2.95 bits per heavy atom. The highest BCUT2D eigenvalue weighted by Crippen LogP contribution is 2.17. The van der Waals surface area contributed by atoms with Gasteiger partial charge in [0.25, 0.3) is 5.56 Å². The van der Waals surface area contributed by atoms with Gasteiger partial charge in [0, 0.05) is 18.4 Å². The Morgan fingerprint density at radius 2 is 2.32 bits per heavy atom. The molecule has 7 heteroatoms. The number of carboxylic acid groups (broad SMARTS) is 1. The van der Waals surface area contributed by atoms with Crippen molar-refractivity contribution in [1.82, 2.24) is 9.55 Å². The number of aliphatic carboxylic acids is 1. The van der Waals surface area contributed by atoms with Crippen LogP contribution in [-0.2, 0) is 9.53 Å². The molecule has 2 heterocycles. The first-order chi connectivity index (χ1) is 9.00. The SMILES string of the molecule is CC(C)n1ccnc(NC2COCC2C(=O)O)c1=O. The van der Waals surface area contributed by atoms with E-state index in [-0.39, 0.29) is 30.6 Å². The van der Waals surface area contributed by atoms with E-state index in [1.807, 2.05) is 13.8 Å². The highest BCUT2D eigenvalue weighted by atomic mass is 16.5. The summed E-state index contributed by atoms with van der Waals surface area (Å²) in [7, 11) is 0. The van der Waals surface area contributed by atoms with Crippen LogP contribution < -0.4 is 10.9 Å². The third-order valence-electron chi connectivity index (χ3n) is 3.14. The molecule has 0 saturated carbocycles. The predicted octanol–water partition coefficient (Wildman–Crippen LogP) is 0.336. The quantitative estimate of drug-likeness (QED) is 0.817. The predicted molar refractivity (Wildman–Crippen MR) is 68.2 cm³/mol. The fraction of sp³-hybridized carbons (Fsp3) is 0.583. The van der Waals surface area contributed by atoms with Gasteiger partial charge in [-0.1, -0.05) is 0 Å². The number of hydrogen-bond donors (Lipinski definition) is 2. The summed E-state index contributed by atoms with van der Waals surface area (Å²) in [6.45, 7) is 4.20. The molecule has 2 rings (SSSR count). The van der Waals surface area contributed by atoms with Crippen molar-refractivity contribution in [2.75, 3.05) is 18.5 Å². The molecule has 1 saturated heterocycles. The van der Waals surface area contributed by atoms with Crippen molar-refractivity contribution in [3.8, 4) is 0 Å². The molecule has 7 nitrogen and oxygen atoms in total. The number of ether oxygens (including phenoxy) is 1. The molecule has 104 valence electrons. The molecular formula is C12H17N3O4. The number of hydrogen-bond acceptors (Lipinski definition) is 5. The van der Waals surface area contributed by atoms with E-state index in [1.165, 1.54) is 6.20 Å². The van der Waals surface area contributed by atoms with Crippen LogP contribution in [0.25, 0.3) is 0 Å². The van der Waals surface area contributed by atoms with E-state index < -0.39 is 17.9 Å². The average molecular weight is 267 g/mol. The third kappa shape index (κ3) is 2.76. The van der Waals surface area contributed by atoms with E-state index in [1.54, 1.807) is 10.8 Å². The van der Waals surface area contributed by atoms with Crippen LogP contribution in [0.5, 0.6) is 0 Å². The number of nitrogens with zero attached hydrogens (tertiary/aromatic N) is 2. The molecule has 2 N–H and O–H groups in total. The molecular weight excluding hydrogens is 250 g/mol. The smallest absolute Gasteiger partial charge is 0.311 e. The van der Waals surface area contributed by atoms with Crippen molar-refractivity contribution in [3.63, 3.8) is 0 Å². The molecule has 0 spiro atoms. The number of carbonyl (C=O) groups is 1. The Balaban J connectivity index is 2.22.